The average molecular weight is 330 g/mol. The molecule has 126 valence electrons. The van der Waals surface area contributed by atoms with E-state index < -0.39 is 0 Å². The summed E-state index contributed by atoms with van der Waals surface area (Å²) in [5, 5.41) is 6.71. The van der Waals surface area contributed by atoms with Gasteiger partial charge in [0.05, 0.1) is 5.92 Å². The van der Waals surface area contributed by atoms with Crippen molar-refractivity contribution < 1.29 is 13.7 Å². The molecule has 6 nitrogen and oxygen atoms in total. The quantitative estimate of drug-likeness (QED) is 0.875. The van der Waals surface area contributed by atoms with Crippen LogP contribution in [0.15, 0.2) is 41.4 Å². The molecule has 1 aromatic carbocycles. The molecule has 0 bridgehead atoms. The molecule has 0 saturated carbocycles. The van der Waals surface area contributed by atoms with Gasteiger partial charge in [0.25, 0.3) is 0 Å². The number of urea groups is 1. The third kappa shape index (κ3) is 3.61. The molecule has 0 spiro atoms. The van der Waals surface area contributed by atoms with Crippen LogP contribution in [-0.2, 0) is 0 Å². The highest BCUT2D eigenvalue weighted by Crippen LogP contribution is 2.27. The number of nitrogens with one attached hydrogen (secondary N) is 1. The molecule has 1 fully saturated rings. The molecule has 1 atom stereocenters. The number of rotatable bonds is 4. The largest absolute Gasteiger partial charge is 0.339 e. The van der Waals surface area contributed by atoms with E-state index in [1.165, 1.54) is 12.1 Å². The van der Waals surface area contributed by atoms with Crippen LogP contribution in [-0.4, -0.2) is 40.7 Å². The van der Waals surface area contributed by atoms with Gasteiger partial charge < -0.3 is 14.7 Å². The van der Waals surface area contributed by atoms with Gasteiger partial charge in [0.1, 0.15) is 5.82 Å². The molecule has 1 unspecified atom stereocenters. The predicted molar refractivity (Wildman–Crippen MR) is 86.8 cm³/mol. The predicted octanol–water partition coefficient (Wildman–Crippen LogP) is 2.95. The minimum absolute atomic E-state index is 0.0111. The third-order valence-electron chi connectivity index (χ3n) is 3.98. The number of halogens is 1. The van der Waals surface area contributed by atoms with E-state index in [4.69, 9.17) is 4.52 Å². The maximum atomic E-state index is 13.3. The van der Waals surface area contributed by atoms with Crippen molar-refractivity contribution in [3.63, 3.8) is 0 Å². The highest BCUT2D eigenvalue weighted by molar-refractivity contribution is 5.74. The van der Waals surface area contributed by atoms with Crippen LogP contribution in [0.4, 0.5) is 9.18 Å². The van der Waals surface area contributed by atoms with Crippen LogP contribution in [0, 0.1) is 5.82 Å². The first kappa shape index (κ1) is 16.2. The van der Waals surface area contributed by atoms with Crippen LogP contribution in [0.3, 0.4) is 0 Å². The molecule has 1 aliphatic rings. The molecule has 1 saturated heterocycles. The Kier molecular flexibility index (Phi) is 4.88. The van der Waals surface area contributed by atoms with Crippen LogP contribution < -0.4 is 5.32 Å². The Hall–Kier alpha value is -2.70. The summed E-state index contributed by atoms with van der Waals surface area (Å²) < 4.78 is 18.7. The van der Waals surface area contributed by atoms with Crippen LogP contribution in [0.25, 0.3) is 11.4 Å². The van der Waals surface area contributed by atoms with Crippen molar-refractivity contribution in [2.24, 2.45) is 0 Å². The first-order valence-electron chi connectivity index (χ1n) is 7.90. The van der Waals surface area contributed by atoms with Crippen molar-refractivity contribution in [1.29, 1.82) is 0 Å². The fraction of sp³-hybridized carbons (Fsp3) is 0.353. The lowest BCUT2D eigenvalue weighted by Gasteiger charge is -2.30. The van der Waals surface area contributed by atoms with Gasteiger partial charge in [-0.05, 0) is 25.0 Å². The number of hydrogen-bond donors (Lipinski definition) is 1. The highest BCUT2D eigenvalue weighted by Gasteiger charge is 2.28. The molecule has 2 heterocycles. The number of carbonyl (C=O) groups excluding carboxylic acids is 1. The Bertz CT molecular complexity index is 731. The van der Waals surface area contributed by atoms with Crippen molar-refractivity contribution in [2.45, 2.75) is 18.8 Å². The van der Waals surface area contributed by atoms with E-state index in [1.807, 2.05) is 0 Å². The molecule has 0 aliphatic carbocycles. The normalized spacial score (nSPS) is 17.5. The number of hydrogen-bond acceptors (Lipinski definition) is 4. The van der Waals surface area contributed by atoms with Crippen molar-refractivity contribution in [2.75, 3.05) is 19.6 Å². The molecule has 2 amide bonds. The average Bonchev–Trinajstić information content (AvgIpc) is 3.10. The van der Waals surface area contributed by atoms with Crippen molar-refractivity contribution in [3.05, 3.63) is 48.6 Å². The molecule has 1 N–H and O–H groups in total. The van der Waals surface area contributed by atoms with Gasteiger partial charge >= 0.3 is 6.03 Å². The second-order valence-corrected chi connectivity index (χ2v) is 5.73. The van der Waals surface area contributed by atoms with Gasteiger partial charge in [0.15, 0.2) is 0 Å². The van der Waals surface area contributed by atoms with E-state index in [0.29, 0.717) is 36.9 Å². The zero-order valence-electron chi connectivity index (χ0n) is 13.2. The fourth-order valence-corrected chi connectivity index (χ4v) is 2.78. The lowest BCUT2D eigenvalue weighted by Crippen LogP contribution is -2.45. The van der Waals surface area contributed by atoms with Crippen LogP contribution >= 0.6 is 0 Å². The number of carbonyl (C=O) groups is 1. The molecule has 1 aliphatic heterocycles. The fourth-order valence-electron chi connectivity index (χ4n) is 2.78. The first-order chi connectivity index (χ1) is 11.7. The van der Waals surface area contributed by atoms with Gasteiger partial charge in [-0.2, -0.15) is 4.98 Å². The van der Waals surface area contributed by atoms with Gasteiger partial charge in [-0.25, -0.2) is 9.18 Å². The summed E-state index contributed by atoms with van der Waals surface area (Å²) in [6, 6.07) is 5.95. The lowest BCUT2D eigenvalue weighted by molar-refractivity contribution is 0.173. The maximum absolute atomic E-state index is 13.3. The monoisotopic (exact) mass is 330 g/mol. The van der Waals surface area contributed by atoms with Crippen LogP contribution in [0.1, 0.15) is 24.7 Å². The van der Waals surface area contributed by atoms with Gasteiger partial charge in [0.2, 0.25) is 11.7 Å². The molecule has 24 heavy (non-hydrogen) atoms. The SMILES string of the molecule is C=CCNC(=O)N1CCCC(c2nc(-c3cccc(F)c3)no2)C1. The summed E-state index contributed by atoms with van der Waals surface area (Å²) in [6.07, 6.45) is 3.38. The standard InChI is InChI=1S/C17H19FN4O2/c1-2-8-19-17(23)22-9-4-6-13(11-22)16-20-15(21-24-16)12-5-3-7-14(18)10-12/h2-3,5,7,10,13H,1,4,6,8-9,11H2,(H,19,23). The van der Waals surface area contributed by atoms with E-state index in [2.05, 4.69) is 22.0 Å². The molecule has 7 heteroatoms. The van der Waals surface area contributed by atoms with Gasteiger partial charge in [0, 0.05) is 25.2 Å². The molecule has 2 aromatic rings. The topological polar surface area (TPSA) is 71.3 Å². The van der Waals surface area contributed by atoms with Crippen molar-refractivity contribution in [3.8, 4) is 11.4 Å². The summed E-state index contributed by atoms with van der Waals surface area (Å²) in [7, 11) is 0. The smallest absolute Gasteiger partial charge is 0.317 e. The Morgan fingerprint density at radius 2 is 2.42 bits per heavy atom. The number of aromatic nitrogens is 2. The molecule has 0 radical (unpaired) electrons. The summed E-state index contributed by atoms with van der Waals surface area (Å²) in [5.74, 6) is 0.484. The summed E-state index contributed by atoms with van der Waals surface area (Å²) >= 11 is 0. The summed E-state index contributed by atoms with van der Waals surface area (Å²) in [4.78, 5) is 18.2. The van der Waals surface area contributed by atoms with Gasteiger partial charge in [-0.1, -0.05) is 23.4 Å². The number of piperidine rings is 1. The Balaban J connectivity index is 1.70. The van der Waals surface area contributed by atoms with E-state index in [-0.39, 0.29) is 17.8 Å². The van der Waals surface area contributed by atoms with Crippen LogP contribution in [0.2, 0.25) is 0 Å². The molecular formula is C17H19FN4O2. The number of amides is 2. The van der Waals surface area contributed by atoms with E-state index >= 15 is 0 Å². The van der Waals surface area contributed by atoms with E-state index in [9.17, 15) is 9.18 Å². The number of nitrogens with zero attached hydrogens (tertiary/aromatic N) is 3. The highest BCUT2D eigenvalue weighted by atomic mass is 19.1. The zero-order valence-corrected chi connectivity index (χ0v) is 13.2. The second-order valence-electron chi connectivity index (χ2n) is 5.73. The Labute approximate surface area is 139 Å². The number of benzene rings is 1. The minimum Gasteiger partial charge on any atom is -0.339 e. The Morgan fingerprint density at radius 1 is 1.54 bits per heavy atom. The maximum Gasteiger partial charge on any atom is 0.317 e. The zero-order chi connectivity index (χ0) is 16.9. The van der Waals surface area contributed by atoms with Gasteiger partial charge in [-0.15, -0.1) is 6.58 Å². The molecule has 3 rings (SSSR count). The van der Waals surface area contributed by atoms with Crippen molar-refractivity contribution in [1.82, 2.24) is 20.4 Å². The second kappa shape index (κ2) is 7.25. The minimum atomic E-state index is -0.346. The Morgan fingerprint density at radius 3 is 3.21 bits per heavy atom. The summed E-state index contributed by atoms with van der Waals surface area (Å²) in [5.41, 5.74) is 0.571. The van der Waals surface area contributed by atoms with E-state index in [1.54, 1.807) is 23.1 Å². The molecular weight excluding hydrogens is 311 g/mol. The van der Waals surface area contributed by atoms with E-state index in [0.717, 1.165) is 12.8 Å². The third-order valence-corrected chi connectivity index (χ3v) is 3.98. The van der Waals surface area contributed by atoms with Crippen molar-refractivity contribution >= 4 is 6.03 Å². The molecule has 1 aromatic heterocycles. The lowest BCUT2D eigenvalue weighted by atomic mass is 9.98. The number of likely N-dealkylation sites (tertiary alicyclic amines) is 1. The van der Waals surface area contributed by atoms with Gasteiger partial charge in [-0.3, -0.25) is 0 Å². The summed E-state index contributed by atoms with van der Waals surface area (Å²) in [6.45, 7) is 5.24. The van der Waals surface area contributed by atoms with Crippen LogP contribution in [0.5, 0.6) is 0 Å². The first-order valence-corrected chi connectivity index (χ1v) is 7.90.